The summed E-state index contributed by atoms with van der Waals surface area (Å²) < 4.78 is 0. The number of rotatable bonds is 3. The fourth-order valence-corrected chi connectivity index (χ4v) is 3.88. The Kier molecular flexibility index (Phi) is 5.61. The highest BCUT2D eigenvalue weighted by atomic mass is 35.5. The van der Waals surface area contributed by atoms with E-state index in [0.717, 1.165) is 5.56 Å². The van der Waals surface area contributed by atoms with Crippen molar-refractivity contribution in [1.29, 1.82) is 0 Å². The van der Waals surface area contributed by atoms with Crippen molar-refractivity contribution in [2.75, 3.05) is 4.90 Å². The highest BCUT2D eigenvalue weighted by molar-refractivity contribution is 8.19. The van der Waals surface area contributed by atoms with Crippen LogP contribution in [-0.4, -0.2) is 22.2 Å². The molecule has 1 fully saturated rings. The second-order valence-electron chi connectivity index (χ2n) is 5.95. The highest BCUT2D eigenvalue weighted by Crippen LogP contribution is 2.37. The minimum atomic E-state index is -0.180. The van der Waals surface area contributed by atoms with E-state index in [2.05, 4.69) is 4.99 Å². The maximum Gasteiger partial charge on any atom is 0.271 e. The summed E-state index contributed by atoms with van der Waals surface area (Å²) in [4.78, 5) is 19.6. The average Bonchev–Trinajstić information content (AvgIpc) is 2.86. The van der Waals surface area contributed by atoms with Gasteiger partial charge in [0.15, 0.2) is 5.17 Å². The Hall–Kier alpha value is -1.95. The molecule has 0 spiro atoms. The van der Waals surface area contributed by atoms with Gasteiger partial charge in [-0.2, -0.15) is 0 Å². The number of anilines is 1. The lowest BCUT2D eigenvalue weighted by Crippen LogP contribution is -2.29. The van der Waals surface area contributed by atoms with Gasteiger partial charge in [0.25, 0.3) is 5.91 Å². The summed E-state index contributed by atoms with van der Waals surface area (Å²) in [5, 5.41) is 10.9. The third-order valence-electron chi connectivity index (χ3n) is 3.51. The van der Waals surface area contributed by atoms with Crippen LogP contribution in [0.3, 0.4) is 0 Å². The van der Waals surface area contributed by atoms with Crippen molar-refractivity contribution in [2.45, 2.75) is 19.9 Å². The number of halogens is 2. The van der Waals surface area contributed by atoms with E-state index in [0.29, 0.717) is 20.8 Å². The molecule has 0 radical (unpaired) electrons. The van der Waals surface area contributed by atoms with Gasteiger partial charge < -0.3 is 5.11 Å². The normalized spacial score (nSPS) is 17.7. The first-order chi connectivity index (χ1) is 12.3. The van der Waals surface area contributed by atoms with Crippen LogP contribution in [-0.2, 0) is 4.79 Å². The molecule has 2 aromatic carbocycles. The topological polar surface area (TPSA) is 52.9 Å². The first kappa shape index (κ1) is 18.8. The van der Waals surface area contributed by atoms with E-state index < -0.39 is 0 Å². The van der Waals surface area contributed by atoms with Gasteiger partial charge in [0.05, 0.1) is 15.6 Å². The third-order valence-corrected chi connectivity index (χ3v) is 5.03. The number of carbonyl (C=O) groups is 1. The summed E-state index contributed by atoms with van der Waals surface area (Å²) >= 11 is 13.3. The third kappa shape index (κ3) is 4.06. The number of phenols is 1. The van der Waals surface area contributed by atoms with Crippen LogP contribution in [0.4, 0.5) is 5.69 Å². The maximum absolute atomic E-state index is 13.0. The van der Waals surface area contributed by atoms with Crippen LogP contribution in [0.2, 0.25) is 10.0 Å². The summed E-state index contributed by atoms with van der Waals surface area (Å²) in [6, 6.07) is 11.9. The Balaban J connectivity index is 2.03. The number of aliphatic imine (C=N–C) groups is 1. The van der Waals surface area contributed by atoms with Gasteiger partial charge >= 0.3 is 0 Å². The van der Waals surface area contributed by atoms with Crippen molar-refractivity contribution in [3.05, 3.63) is 63.0 Å². The Morgan fingerprint density at radius 3 is 2.62 bits per heavy atom. The number of hydrogen-bond acceptors (Lipinski definition) is 4. The van der Waals surface area contributed by atoms with E-state index in [1.54, 1.807) is 41.3 Å². The zero-order valence-corrected chi connectivity index (χ0v) is 16.4. The number of hydrogen-bond donors (Lipinski definition) is 1. The molecule has 1 amide bonds. The largest absolute Gasteiger partial charge is 0.506 e. The molecule has 0 aromatic heterocycles. The molecule has 0 aliphatic carbocycles. The van der Waals surface area contributed by atoms with Gasteiger partial charge in [0.1, 0.15) is 5.75 Å². The molecule has 7 heteroatoms. The van der Waals surface area contributed by atoms with Crippen LogP contribution in [0.5, 0.6) is 5.75 Å². The average molecular weight is 407 g/mol. The minimum absolute atomic E-state index is 0.00170. The number of phenolic OH excluding ortho intramolecular Hbond substituents is 1. The molecule has 134 valence electrons. The van der Waals surface area contributed by atoms with Crippen molar-refractivity contribution in [3.8, 4) is 5.75 Å². The second-order valence-corrected chi connectivity index (χ2v) is 7.80. The molecule has 3 rings (SSSR count). The predicted molar refractivity (Wildman–Crippen MR) is 110 cm³/mol. The lowest BCUT2D eigenvalue weighted by molar-refractivity contribution is -0.113. The Morgan fingerprint density at radius 1 is 1.19 bits per heavy atom. The molecule has 0 bridgehead atoms. The summed E-state index contributed by atoms with van der Waals surface area (Å²) in [6.07, 6.45) is 1.73. The zero-order valence-electron chi connectivity index (χ0n) is 14.1. The van der Waals surface area contributed by atoms with E-state index in [1.165, 1.54) is 17.8 Å². The summed E-state index contributed by atoms with van der Waals surface area (Å²) in [7, 11) is 0. The van der Waals surface area contributed by atoms with E-state index in [9.17, 15) is 9.90 Å². The van der Waals surface area contributed by atoms with Crippen LogP contribution < -0.4 is 4.90 Å². The van der Waals surface area contributed by atoms with Gasteiger partial charge in [-0.25, -0.2) is 0 Å². The highest BCUT2D eigenvalue weighted by Gasteiger charge is 2.34. The van der Waals surface area contributed by atoms with Crippen LogP contribution in [0.15, 0.2) is 52.4 Å². The predicted octanol–water partition coefficient (Wildman–Crippen LogP) is 5.58. The minimum Gasteiger partial charge on any atom is -0.506 e. The molecule has 1 N–H and O–H groups in total. The number of amides is 1. The number of benzene rings is 2. The Bertz CT molecular complexity index is 926. The fraction of sp³-hybridized carbons (Fsp3) is 0.158. The Morgan fingerprint density at radius 2 is 1.96 bits per heavy atom. The van der Waals surface area contributed by atoms with Gasteiger partial charge in [0.2, 0.25) is 0 Å². The molecule has 4 nitrogen and oxygen atoms in total. The van der Waals surface area contributed by atoms with Crippen LogP contribution in [0.25, 0.3) is 6.08 Å². The molecule has 0 atom stereocenters. The van der Waals surface area contributed by atoms with Gasteiger partial charge in [-0.3, -0.25) is 14.7 Å². The lowest BCUT2D eigenvalue weighted by atomic mass is 10.2. The molecule has 1 aliphatic heterocycles. The van der Waals surface area contributed by atoms with Gasteiger partial charge in [-0.15, -0.1) is 0 Å². The van der Waals surface area contributed by atoms with E-state index in [4.69, 9.17) is 23.2 Å². The SMILES string of the molecule is CC(C)N=C1S/C(=C\c2ccc(O)c(Cl)c2)C(=O)N1c1cccc(Cl)c1. The fourth-order valence-electron chi connectivity index (χ4n) is 2.39. The van der Waals surface area contributed by atoms with Gasteiger partial charge in [0, 0.05) is 11.1 Å². The van der Waals surface area contributed by atoms with Crippen molar-refractivity contribution >= 4 is 57.8 Å². The van der Waals surface area contributed by atoms with Gasteiger partial charge in [-0.05, 0) is 67.6 Å². The van der Waals surface area contributed by atoms with Crippen molar-refractivity contribution < 1.29 is 9.90 Å². The molecule has 1 aliphatic rings. The molecule has 2 aromatic rings. The Labute approximate surface area is 166 Å². The van der Waals surface area contributed by atoms with E-state index >= 15 is 0 Å². The van der Waals surface area contributed by atoms with Crippen LogP contribution in [0, 0.1) is 0 Å². The maximum atomic E-state index is 13.0. The molecule has 0 unspecified atom stereocenters. The molecule has 1 heterocycles. The molecular weight excluding hydrogens is 391 g/mol. The monoisotopic (exact) mass is 406 g/mol. The lowest BCUT2D eigenvalue weighted by Gasteiger charge is -2.16. The van der Waals surface area contributed by atoms with Crippen molar-refractivity contribution in [2.24, 2.45) is 4.99 Å². The zero-order chi connectivity index (χ0) is 18.8. The number of carbonyl (C=O) groups excluding carboxylic acids is 1. The van der Waals surface area contributed by atoms with E-state index in [-0.39, 0.29) is 22.7 Å². The standard InChI is InChI=1S/C19H16Cl2N2O2S/c1-11(2)22-19-23(14-5-3-4-13(20)10-14)18(25)17(26-19)9-12-6-7-16(24)15(21)8-12/h3-11,24H,1-2H3/b17-9-,22-19?. The second kappa shape index (κ2) is 7.74. The number of aromatic hydroxyl groups is 1. The number of thioether (sulfide) groups is 1. The van der Waals surface area contributed by atoms with Crippen LogP contribution >= 0.6 is 35.0 Å². The molecule has 0 saturated carbocycles. The summed E-state index contributed by atoms with van der Waals surface area (Å²) in [5.74, 6) is -0.178. The number of nitrogens with zero attached hydrogens (tertiary/aromatic N) is 2. The summed E-state index contributed by atoms with van der Waals surface area (Å²) in [6.45, 7) is 3.91. The quantitative estimate of drug-likeness (QED) is 0.676. The van der Waals surface area contributed by atoms with Gasteiger partial charge in [-0.1, -0.05) is 35.3 Å². The first-order valence-electron chi connectivity index (χ1n) is 7.91. The molecular formula is C19H16Cl2N2O2S. The number of amidine groups is 1. The first-order valence-corrected chi connectivity index (χ1v) is 9.48. The molecule has 1 saturated heterocycles. The van der Waals surface area contributed by atoms with E-state index in [1.807, 2.05) is 19.9 Å². The smallest absolute Gasteiger partial charge is 0.271 e. The van der Waals surface area contributed by atoms with Crippen LogP contribution in [0.1, 0.15) is 19.4 Å². The molecule has 26 heavy (non-hydrogen) atoms. The van der Waals surface area contributed by atoms with Crippen molar-refractivity contribution in [1.82, 2.24) is 0 Å². The van der Waals surface area contributed by atoms with Crippen molar-refractivity contribution in [3.63, 3.8) is 0 Å². The summed E-state index contributed by atoms with van der Waals surface area (Å²) in [5.41, 5.74) is 1.39.